The molecule has 0 spiro atoms. The van der Waals surface area contributed by atoms with Gasteiger partial charge in [-0.25, -0.2) is 0 Å². The molecule has 1 atom stereocenters. The third kappa shape index (κ3) is 4.91. The fourth-order valence-electron chi connectivity index (χ4n) is 4.11. The second-order valence-corrected chi connectivity index (χ2v) is 8.33. The van der Waals surface area contributed by atoms with Gasteiger partial charge in [-0.3, -0.25) is 4.68 Å². The van der Waals surface area contributed by atoms with Crippen LogP contribution >= 0.6 is 0 Å². The highest BCUT2D eigenvalue weighted by atomic mass is 19.4. The van der Waals surface area contributed by atoms with Gasteiger partial charge in [0.15, 0.2) is 5.65 Å². The number of hydrogen-bond acceptors (Lipinski definition) is 5. The largest absolute Gasteiger partial charge is 0.391 e. The molecule has 9 heteroatoms. The van der Waals surface area contributed by atoms with Crippen LogP contribution in [0.5, 0.6) is 0 Å². The molecule has 2 N–H and O–H groups in total. The number of aromatic nitrogens is 4. The van der Waals surface area contributed by atoms with Gasteiger partial charge in [0, 0.05) is 19.6 Å². The number of anilines is 2. The minimum atomic E-state index is -4.11. The molecule has 1 aromatic carbocycles. The molecule has 2 heterocycles. The molecule has 1 unspecified atom stereocenters. The molecule has 4 rings (SSSR count). The zero-order valence-corrected chi connectivity index (χ0v) is 17.7. The van der Waals surface area contributed by atoms with E-state index in [0.29, 0.717) is 36.8 Å². The van der Waals surface area contributed by atoms with Crippen LogP contribution < -0.4 is 10.6 Å². The summed E-state index contributed by atoms with van der Waals surface area (Å²) in [6.45, 7) is 2.78. The number of nitrogens with zero attached hydrogens (tertiary/aromatic N) is 4. The van der Waals surface area contributed by atoms with Crippen LogP contribution in [0.4, 0.5) is 24.9 Å². The Labute approximate surface area is 179 Å². The number of benzene rings is 1. The van der Waals surface area contributed by atoms with Crippen molar-refractivity contribution in [3.05, 3.63) is 42.1 Å². The van der Waals surface area contributed by atoms with Crippen LogP contribution in [0.25, 0.3) is 11.0 Å². The zero-order chi connectivity index (χ0) is 22.0. The van der Waals surface area contributed by atoms with E-state index in [-0.39, 0.29) is 24.8 Å². The molecule has 0 aliphatic heterocycles. The number of nitrogens with one attached hydrogen (secondary N) is 2. The number of halogens is 3. The van der Waals surface area contributed by atoms with Crippen molar-refractivity contribution in [2.75, 3.05) is 17.2 Å². The second-order valence-electron chi connectivity index (χ2n) is 8.33. The normalized spacial score (nSPS) is 20.5. The van der Waals surface area contributed by atoms with Crippen molar-refractivity contribution in [2.24, 2.45) is 13.0 Å². The van der Waals surface area contributed by atoms with E-state index in [2.05, 4.69) is 44.8 Å². The molecule has 1 aliphatic carbocycles. The lowest BCUT2D eigenvalue weighted by molar-refractivity contribution is -0.182. The number of hydrogen-bond donors (Lipinski definition) is 2. The first kappa shape index (κ1) is 21.4. The van der Waals surface area contributed by atoms with E-state index in [1.54, 1.807) is 10.9 Å². The summed E-state index contributed by atoms with van der Waals surface area (Å²) < 4.78 is 40.6. The molecule has 166 valence electrons. The minimum Gasteiger partial charge on any atom is -0.367 e. The Hall–Kier alpha value is -2.84. The first-order valence-electron chi connectivity index (χ1n) is 10.6. The molecular formula is C22H27F3N6. The van der Waals surface area contributed by atoms with Crippen LogP contribution in [0.15, 0.2) is 36.5 Å². The average molecular weight is 432 g/mol. The smallest absolute Gasteiger partial charge is 0.367 e. The highest BCUT2D eigenvalue weighted by Crippen LogP contribution is 2.38. The topological polar surface area (TPSA) is 67.7 Å². The first-order valence-corrected chi connectivity index (χ1v) is 10.6. The summed E-state index contributed by atoms with van der Waals surface area (Å²) in [5.74, 6) is 0.154. The fourth-order valence-corrected chi connectivity index (χ4v) is 4.11. The fraction of sp³-hybridized carbons (Fsp3) is 0.500. The average Bonchev–Trinajstić information content (AvgIpc) is 3.13. The Balaban J connectivity index is 1.48. The van der Waals surface area contributed by atoms with Crippen molar-refractivity contribution in [1.29, 1.82) is 0 Å². The Morgan fingerprint density at radius 3 is 2.48 bits per heavy atom. The van der Waals surface area contributed by atoms with Gasteiger partial charge in [-0.15, -0.1) is 0 Å². The molecule has 0 radical (unpaired) electrons. The molecular weight excluding hydrogens is 405 g/mol. The standard InChI is InChI=1S/C22H27F3N6/c1-14(15-6-4-3-5-7-15)12-26-21-29-19(18-13-27-31(2)20(18)30-21)28-17-10-8-16(9-11-17)22(23,24)25/h3-7,13-14,16-17H,8-12H2,1-2H3,(H2,26,28,29,30). The third-order valence-corrected chi connectivity index (χ3v) is 6.06. The van der Waals surface area contributed by atoms with Crippen LogP contribution in [0.3, 0.4) is 0 Å². The van der Waals surface area contributed by atoms with E-state index in [1.807, 2.05) is 25.2 Å². The lowest BCUT2D eigenvalue weighted by Gasteiger charge is -2.30. The van der Waals surface area contributed by atoms with Crippen LogP contribution in [0.1, 0.15) is 44.1 Å². The summed E-state index contributed by atoms with van der Waals surface area (Å²) in [7, 11) is 1.81. The van der Waals surface area contributed by atoms with Crippen LogP contribution in [-0.4, -0.2) is 38.5 Å². The van der Waals surface area contributed by atoms with E-state index in [0.717, 1.165) is 5.39 Å². The number of rotatable bonds is 6. The number of aryl methyl sites for hydroxylation is 1. The van der Waals surface area contributed by atoms with Gasteiger partial charge in [0.1, 0.15) is 5.82 Å². The molecule has 0 bridgehead atoms. The molecule has 1 saturated carbocycles. The summed E-state index contributed by atoms with van der Waals surface area (Å²) in [5.41, 5.74) is 1.90. The SMILES string of the molecule is CC(CNc1nc(NC2CCC(C(F)(F)F)CC2)c2cnn(C)c2n1)c1ccccc1. The first-order chi connectivity index (χ1) is 14.8. The van der Waals surface area contributed by atoms with Crippen molar-refractivity contribution < 1.29 is 13.2 Å². The molecule has 1 fully saturated rings. The summed E-state index contributed by atoms with van der Waals surface area (Å²) in [6.07, 6.45) is -1.21. The molecule has 3 aromatic rings. The molecule has 0 saturated heterocycles. The predicted octanol–water partition coefficient (Wildman–Crippen LogP) is 5.11. The Kier molecular flexibility index (Phi) is 6.02. The van der Waals surface area contributed by atoms with Gasteiger partial charge in [-0.2, -0.15) is 28.2 Å². The molecule has 6 nitrogen and oxygen atoms in total. The van der Waals surface area contributed by atoms with E-state index in [4.69, 9.17) is 0 Å². The van der Waals surface area contributed by atoms with E-state index >= 15 is 0 Å². The van der Waals surface area contributed by atoms with E-state index in [1.165, 1.54) is 5.56 Å². The lowest BCUT2D eigenvalue weighted by atomic mass is 9.85. The number of alkyl halides is 3. The van der Waals surface area contributed by atoms with Gasteiger partial charge in [0.25, 0.3) is 0 Å². The monoisotopic (exact) mass is 432 g/mol. The Morgan fingerprint density at radius 2 is 1.81 bits per heavy atom. The van der Waals surface area contributed by atoms with E-state index in [9.17, 15) is 13.2 Å². The van der Waals surface area contributed by atoms with Crippen LogP contribution in [0.2, 0.25) is 0 Å². The number of fused-ring (bicyclic) bond motifs is 1. The van der Waals surface area contributed by atoms with Gasteiger partial charge in [-0.1, -0.05) is 37.3 Å². The van der Waals surface area contributed by atoms with Crippen LogP contribution in [0, 0.1) is 5.92 Å². The summed E-state index contributed by atoms with van der Waals surface area (Å²) in [6, 6.07) is 10.1. The third-order valence-electron chi connectivity index (χ3n) is 6.06. The molecule has 2 aromatic heterocycles. The molecule has 0 amide bonds. The van der Waals surface area contributed by atoms with Crippen molar-refractivity contribution in [1.82, 2.24) is 19.7 Å². The zero-order valence-electron chi connectivity index (χ0n) is 17.7. The van der Waals surface area contributed by atoms with Crippen molar-refractivity contribution in [3.63, 3.8) is 0 Å². The van der Waals surface area contributed by atoms with Crippen molar-refractivity contribution in [2.45, 2.75) is 50.7 Å². The summed E-state index contributed by atoms with van der Waals surface area (Å²) in [4.78, 5) is 9.22. The predicted molar refractivity (Wildman–Crippen MR) is 115 cm³/mol. The van der Waals surface area contributed by atoms with E-state index < -0.39 is 12.1 Å². The maximum absolute atomic E-state index is 13.0. The summed E-state index contributed by atoms with van der Waals surface area (Å²) in [5, 5.41) is 11.7. The highest BCUT2D eigenvalue weighted by Gasteiger charge is 2.41. The summed E-state index contributed by atoms with van der Waals surface area (Å²) >= 11 is 0. The molecule has 31 heavy (non-hydrogen) atoms. The molecule has 1 aliphatic rings. The van der Waals surface area contributed by atoms with Crippen molar-refractivity contribution in [3.8, 4) is 0 Å². The Morgan fingerprint density at radius 1 is 1.10 bits per heavy atom. The highest BCUT2D eigenvalue weighted by molar-refractivity contribution is 5.87. The van der Waals surface area contributed by atoms with Gasteiger partial charge in [-0.05, 0) is 37.2 Å². The second kappa shape index (κ2) is 8.72. The van der Waals surface area contributed by atoms with Crippen molar-refractivity contribution >= 4 is 22.8 Å². The quantitative estimate of drug-likeness (QED) is 0.566. The Bertz CT molecular complexity index is 1010. The van der Waals surface area contributed by atoms with Gasteiger partial charge in [0.2, 0.25) is 5.95 Å². The lowest BCUT2D eigenvalue weighted by Crippen LogP contribution is -2.33. The van der Waals surface area contributed by atoms with Gasteiger partial charge < -0.3 is 10.6 Å². The minimum absolute atomic E-state index is 0.0481. The van der Waals surface area contributed by atoms with Gasteiger partial charge in [0.05, 0.1) is 17.5 Å². The maximum atomic E-state index is 13.0. The van der Waals surface area contributed by atoms with Gasteiger partial charge >= 0.3 is 6.18 Å². The maximum Gasteiger partial charge on any atom is 0.391 e. The van der Waals surface area contributed by atoms with Crippen LogP contribution in [-0.2, 0) is 7.05 Å².